The van der Waals surface area contributed by atoms with Crippen LogP contribution in [-0.2, 0) is 0 Å². The number of ether oxygens (including phenoxy) is 1. The van der Waals surface area contributed by atoms with Crippen LogP contribution in [0.5, 0.6) is 12.0 Å². The second kappa shape index (κ2) is 9.70. The number of aliphatic imine (C=N–C) groups is 1. The topological polar surface area (TPSA) is 85.1 Å². The summed E-state index contributed by atoms with van der Waals surface area (Å²) in [5.41, 5.74) is 1.68. The summed E-state index contributed by atoms with van der Waals surface area (Å²) in [4.78, 5) is 24.2. The second-order valence-corrected chi connectivity index (χ2v) is 5.29. The summed E-state index contributed by atoms with van der Waals surface area (Å²) >= 11 is 0. The van der Waals surface area contributed by atoms with E-state index in [2.05, 4.69) is 32.0 Å². The van der Waals surface area contributed by atoms with Crippen molar-refractivity contribution < 1.29 is 9.57 Å². The first-order chi connectivity index (χ1) is 11.0. The van der Waals surface area contributed by atoms with Crippen molar-refractivity contribution in [2.75, 3.05) is 24.7 Å². The lowest BCUT2D eigenvalue weighted by Gasteiger charge is -2.20. The lowest BCUT2D eigenvalue weighted by molar-refractivity contribution is 0.275. The Morgan fingerprint density at radius 2 is 1.70 bits per heavy atom. The number of hydrogen-bond donors (Lipinski definition) is 0. The molecule has 8 heteroatoms. The highest BCUT2D eigenvalue weighted by molar-refractivity contribution is 5.79. The average Bonchev–Trinajstić information content (AvgIpc) is 2.50. The molecule has 23 heavy (non-hydrogen) atoms. The first-order valence-electron chi connectivity index (χ1n) is 7.75. The number of nitrogens with zero attached hydrogens (tertiary/aromatic N) is 6. The molecule has 0 spiro atoms. The third kappa shape index (κ3) is 7.03. The Labute approximate surface area is 137 Å². The molecule has 0 radical (unpaired) electrons. The highest BCUT2D eigenvalue weighted by Crippen LogP contribution is 2.17. The van der Waals surface area contributed by atoms with Crippen LogP contribution >= 0.6 is 0 Å². The largest absolute Gasteiger partial charge is 0.440 e. The standard InChI is InChI=1S/C15H26N6O2/c1-7-9-21(8-2)13-17-14(22-10-16-11(3)4)19-15(18-13)23-20-12(5)6/h7-10H2,1-6H3. The number of aromatic nitrogens is 3. The Balaban J connectivity index is 3.04. The fourth-order valence-electron chi connectivity index (χ4n) is 1.60. The Morgan fingerprint density at radius 1 is 1.00 bits per heavy atom. The molecule has 1 aromatic heterocycles. The Bertz CT molecular complexity index is 551. The lowest BCUT2D eigenvalue weighted by atomic mass is 10.4. The van der Waals surface area contributed by atoms with Crippen molar-refractivity contribution >= 4 is 17.4 Å². The van der Waals surface area contributed by atoms with E-state index in [0.29, 0.717) is 5.95 Å². The van der Waals surface area contributed by atoms with Crippen LogP contribution in [0.25, 0.3) is 0 Å². The van der Waals surface area contributed by atoms with Crippen molar-refractivity contribution in [2.24, 2.45) is 10.1 Å². The van der Waals surface area contributed by atoms with Crippen molar-refractivity contribution in [3.63, 3.8) is 0 Å². The van der Waals surface area contributed by atoms with E-state index in [1.165, 1.54) is 0 Å². The predicted octanol–water partition coefficient (Wildman–Crippen LogP) is 2.70. The van der Waals surface area contributed by atoms with Gasteiger partial charge in [-0.1, -0.05) is 12.1 Å². The Hall–Kier alpha value is -2.25. The first-order valence-corrected chi connectivity index (χ1v) is 7.75. The second-order valence-electron chi connectivity index (χ2n) is 5.29. The third-order valence-electron chi connectivity index (χ3n) is 2.62. The average molecular weight is 322 g/mol. The van der Waals surface area contributed by atoms with Crippen LogP contribution in [0.2, 0.25) is 0 Å². The highest BCUT2D eigenvalue weighted by Gasteiger charge is 2.13. The van der Waals surface area contributed by atoms with Crippen molar-refractivity contribution in [3.8, 4) is 12.0 Å². The molecular weight excluding hydrogens is 296 g/mol. The summed E-state index contributed by atoms with van der Waals surface area (Å²) in [5, 5.41) is 3.88. The van der Waals surface area contributed by atoms with Crippen LogP contribution in [0.1, 0.15) is 48.0 Å². The van der Waals surface area contributed by atoms with Crippen molar-refractivity contribution in [2.45, 2.75) is 48.0 Å². The summed E-state index contributed by atoms with van der Waals surface area (Å²) in [7, 11) is 0. The molecule has 128 valence electrons. The molecular formula is C15H26N6O2. The summed E-state index contributed by atoms with van der Waals surface area (Å²) in [6.07, 6.45) is 0.984. The van der Waals surface area contributed by atoms with Gasteiger partial charge in [-0.3, -0.25) is 4.99 Å². The molecule has 0 amide bonds. The molecule has 0 atom stereocenters. The van der Waals surface area contributed by atoms with E-state index in [1.807, 2.05) is 39.5 Å². The molecule has 8 nitrogen and oxygen atoms in total. The maximum Gasteiger partial charge on any atom is 0.353 e. The van der Waals surface area contributed by atoms with Crippen LogP contribution in [0.15, 0.2) is 10.1 Å². The summed E-state index contributed by atoms with van der Waals surface area (Å²) in [6.45, 7) is 13.4. The van der Waals surface area contributed by atoms with Crippen molar-refractivity contribution in [3.05, 3.63) is 0 Å². The molecule has 0 aliphatic heterocycles. The van der Waals surface area contributed by atoms with Gasteiger partial charge in [-0.15, -0.1) is 4.98 Å². The van der Waals surface area contributed by atoms with Gasteiger partial charge >= 0.3 is 12.0 Å². The van der Waals surface area contributed by atoms with E-state index in [0.717, 1.165) is 30.9 Å². The summed E-state index contributed by atoms with van der Waals surface area (Å²) in [6, 6.07) is 0.284. The van der Waals surface area contributed by atoms with Gasteiger partial charge in [0.05, 0.1) is 5.71 Å². The molecule has 1 aromatic rings. The number of anilines is 1. The molecule has 0 aliphatic rings. The fraction of sp³-hybridized carbons (Fsp3) is 0.667. The fourth-order valence-corrected chi connectivity index (χ4v) is 1.60. The van der Waals surface area contributed by atoms with Crippen molar-refractivity contribution in [1.82, 2.24) is 15.0 Å². The SMILES string of the molecule is CCCN(CC)c1nc(OCN=C(C)C)nc(ON=C(C)C)n1. The Kier molecular flexibility index (Phi) is 7.93. The van der Waals surface area contributed by atoms with E-state index in [4.69, 9.17) is 9.57 Å². The van der Waals surface area contributed by atoms with Crippen LogP contribution in [0.3, 0.4) is 0 Å². The maximum atomic E-state index is 5.47. The van der Waals surface area contributed by atoms with Gasteiger partial charge in [-0.05, 0) is 41.0 Å². The maximum absolute atomic E-state index is 5.47. The van der Waals surface area contributed by atoms with E-state index >= 15 is 0 Å². The highest BCUT2D eigenvalue weighted by atomic mass is 16.6. The van der Waals surface area contributed by atoms with E-state index < -0.39 is 0 Å². The smallest absolute Gasteiger partial charge is 0.353 e. The molecule has 0 bridgehead atoms. The minimum Gasteiger partial charge on any atom is -0.440 e. The van der Waals surface area contributed by atoms with E-state index in [-0.39, 0.29) is 18.8 Å². The Morgan fingerprint density at radius 3 is 2.26 bits per heavy atom. The van der Waals surface area contributed by atoms with Gasteiger partial charge in [0.2, 0.25) is 5.95 Å². The normalized spacial score (nSPS) is 10.0. The third-order valence-corrected chi connectivity index (χ3v) is 2.62. The van der Waals surface area contributed by atoms with Gasteiger partial charge < -0.3 is 14.5 Å². The van der Waals surface area contributed by atoms with Gasteiger partial charge in [-0.25, -0.2) is 0 Å². The number of rotatable bonds is 9. The van der Waals surface area contributed by atoms with Crippen LogP contribution < -0.4 is 14.5 Å². The molecule has 0 N–H and O–H groups in total. The molecule has 0 aliphatic carbocycles. The van der Waals surface area contributed by atoms with Crippen LogP contribution in [0.4, 0.5) is 5.95 Å². The molecule has 1 rings (SSSR count). The van der Waals surface area contributed by atoms with Gasteiger partial charge in [0, 0.05) is 18.8 Å². The van der Waals surface area contributed by atoms with E-state index in [9.17, 15) is 0 Å². The lowest BCUT2D eigenvalue weighted by Crippen LogP contribution is -2.26. The zero-order chi connectivity index (χ0) is 17.2. The van der Waals surface area contributed by atoms with Crippen molar-refractivity contribution in [1.29, 1.82) is 0 Å². The quantitative estimate of drug-likeness (QED) is 0.513. The van der Waals surface area contributed by atoms with Gasteiger partial charge in [0.15, 0.2) is 6.73 Å². The van der Waals surface area contributed by atoms with Gasteiger partial charge in [0.1, 0.15) is 0 Å². The molecule has 0 fully saturated rings. The van der Waals surface area contributed by atoms with Crippen LogP contribution in [-0.4, -0.2) is 46.2 Å². The zero-order valence-electron chi connectivity index (χ0n) is 14.8. The zero-order valence-corrected chi connectivity index (χ0v) is 14.8. The minimum atomic E-state index is 0.109. The van der Waals surface area contributed by atoms with Gasteiger partial charge in [-0.2, -0.15) is 9.97 Å². The van der Waals surface area contributed by atoms with Gasteiger partial charge in [0.25, 0.3) is 0 Å². The summed E-state index contributed by atoms with van der Waals surface area (Å²) in [5.74, 6) is 0.510. The van der Waals surface area contributed by atoms with Crippen LogP contribution in [0, 0.1) is 0 Å². The minimum absolute atomic E-state index is 0.109. The molecule has 0 saturated heterocycles. The van der Waals surface area contributed by atoms with E-state index in [1.54, 1.807) is 0 Å². The number of hydrogen-bond acceptors (Lipinski definition) is 8. The summed E-state index contributed by atoms with van der Waals surface area (Å²) < 4.78 is 5.47. The monoisotopic (exact) mass is 322 g/mol. The molecule has 0 aromatic carbocycles. The molecule has 0 saturated carbocycles. The number of oxime groups is 1. The first kappa shape index (κ1) is 18.8. The molecule has 0 unspecified atom stereocenters. The molecule has 1 heterocycles. The predicted molar refractivity (Wildman–Crippen MR) is 91.7 cm³/mol.